The number of halogens is 1. The topological polar surface area (TPSA) is 158 Å². The number of rotatable bonds is 7. The molecule has 0 aliphatic carbocycles. The number of nitrogens with two attached hydrogens (primary N) is 1. The van der Waals surface area contributed by atoms with E-state index in [4.69, 9.17) is 32.1 Å². The van der Waals surface area contributed by atoms with E-state index in [9.17, 15) is 19.7 Å². The monoisotopic (exact) mass is 430 g/mol. The number of nitrogens with zero attached hydrogens (tertiary/aromatic N) is 2. The maximum atomic E-state index is 11.8. The van der Waals surface area contributed by atoms with E-state index < -0.39 is 16.9 Å². The van der Waals surface area contributed by atoms with Crippen LogP contribution in [0.3, 0.4) is 0 Å². The van der Waals surface area contributed by atoms with Crippen LogP contribution in [-0.2, 0) is 11.4 Å². The number of imide groups is 1. The quantitative estimate of drug-likeness (QED) is 0.295. The number of carbonyl (C=O) groups excluding carboxylic acids is 2. The second-order valence-electron chi connectivity index (χ2n) is 5.73. The molecule has 0 heterocycles. The van der Waals surface area contributed by atoms with Gasteiger partial charge in [0, 0.05) is 12.1 Å². The van der Waals surface area contributed by atoms with Crippen LogP contribution in [0.2, 0.25) is 5.02 Å². The van der Waals surface area contributed by atoms with E-state index >= 15 is 0 Å². The zero-order chi connectivity index (χ0) is 22.3. The molecule has 154 valence electrons. The molecule has 3 N–H and O–H groups in total. The largest absolute Gasteiger partial charge is 0.493 e. The van der Waals surface area contributed by atoms with Gasteiger partial charge in [-0.05, 0) is 41.5 Å². The molecule has 11 heteroatoms. The summed E-state index contributed by atoms with van der Waals surface area (Å²) in [6.45, 7) is 0.0632. The number of nitriles is 1. The van der Waals surface area contributed by atoms with Gasteiger partial charge in [0.25, 0.3) is 11.6 Å². The zero-order valence-electron chi connectivity index (χ0n) is 15.5. The first-order valence-electron chi connectivity index (χ1n) is 8.21. The van der Waals surface area contributed by atoms with Crippen molar-refractivity contribution in [1.82, 2.24) is 5.32 Å². The van der Waals surface area contributed by atoms with Crippen LogP contribution >= 0.6 is 11.6 Å². The van der Waals surface area contributed by atoms with Gasteiger partial charge in [0.1, 0.15) is 18.2 Å². The molecule has 2 aromatic carbocycles. The molecule has 3 amide bonds. The maximum Gasteiger partial charge on any atom is 0.319 e. The lowest BCUT2D eigenvalue weighted by Crippen LogP contribution is -2.35. The third-order valence-electron chi connectivity index (χ3n) is 3.69. The van der Waals surface area contributed by atoms with E-state index in [-0.39, 0.29) is 34.4 Å². The Labute approximate surface area is 175 Å². The molecular formula is C19H15ClN4O6. The van der Waals surface area contributed by atoms with E-state index in [0.29, 0.717) is 11.1 Å². The van der Waals surface area contributed by atoms with Crippen molar-refractivity contribution in [2.75, 3.05) is 7.11 Å². The Kier molecular flexibility index (Phi) is 7.32. The number of amides is 3. The fourth-order valence-corrected chi connectivity index (χ4v) is 2.60. The van der Waals surface area contributed by atoms with Gasteiger partial charge >= 0.3 is 6.03 Å². The van der Waals surface area contributed by atoms with Gasteiger partial charge in [0.05, 0.1) is 17.1 Å². The van der Waals surface area contributed by atoms with Crippen molar-refractivity contribution >= 4 is 35.3 Å². The molecule has 0 saturated heterocycles. The van der Waals surface area contributed by atoms with Gasteiger partial charge in [-0.3, -0.25) is 20.2 Å². The highest BCUT2D eigenvalue weighted by molar-refractivity contribution is 6.32. The number of nitro benzene ring substituents is 1. The second-order valence-corrected chi connectivity index (χ2v) is 6.14. The number of hydrogen-bond donors (Lipinski definition) is 2. The molecule has 2 aromatic rings. The minimum absolute atomic E-state index is 0.0424. The molecule has 2 rings (SSSR count). The first-order chi connectivity index (χ1) is 14.2. The molecule has 0 spiro atoms. The van der Waals surface area contributed by atoms with E-state index in [2.05, 4.69) is 0 Å². The Morgan fingerprint density at radius 1 is 1.33 bits per heavy atom. The van der Waals surface area contributed by atoms with Crippen molar-refractivity contribution in [2.24, 2.45) is 5.73 Å². The fraction of sp³-hybridized carbons (Fsp3) is 0.105. The third kappa shape index (κ3) is 5.70. The Morgan fingerprint density at radius 3 is 2.53 bits per heavy atom. The van der Waals surface area contributed by atoms with Gasteiger partial charge in [0.2, 0.25) is 0 Å². The van der Waals surface area contributed by atoms with Crippen LogP contribution in [0.15, 0.2) is 42.0 Å². The van der Waals surface area contributed by atoms with Crippen LogP contribution in [0, 0.1) is 21.4 Å². The number of benzene rings is 2. The summed E-state index contributed by atoms with van der Waals surface area (Å²) in [6, 6.07) is 9.29. The number of primary amides is 1. The highest BCUT2D eigenvalue weighted by atomic mass is 35.5. The molecule has 0 aliphatic heterocycles. The molecule has 0 bridgehead atoms. The van der Waals surface area contributed by atoms with E-state index in [1.165, 1.54) is 37.5 Å². The fourth-order valence-electron chi connectivity index (χ4n) is 2.33. The summed E-state index contributed by atoms with van der Waals surface area (Å²) in [6.07, 6.45) is 1.20. The van der Waals surface area contributed by atoms with E-state index in [1.54, 1.807) is 23.5 Å². The van der Waals surface area contributed by atoms with Crippen molar-refractivity contribution < 1.29 is 24.0 Å². The predicted molar refractivity (Wildman–Crippen MR) is 107 cm³/mol. The van der Waals surface area contributed by atoms with Crippen LogP contribution in [0.4, 0.5) is 10.5 Å². The molecular weight excluding hydrogens is 416 g/mol. The molecule has 0 fully saturated rings. The Morgan fingerprint density at radius 2 is 2.00 bits per heavy atom. The van der Waals surface area contributed by atoms with Gasteiger partial charge < -0.3 is 15.2 Å². The maximum absolute atomic E-state index is 11.8. The molecule has 0 saturated carbocycles. The molecule has 0 radical (unpaired) electrons. The van der Waals surface area contributed by atoms with Crippen molar-refractivity contribution in [3.05, 3.63) is 68.2 Å². The average Bonchev–Trinajstić information content (AvgIpc) is 2.70. The van der Waals surface area contributed by atoms with Gasteiger partial charge in [-0.25, -0.2) is 4.79 Å². The third-order valence-corrected chi connectivity index (χ3v) is 3.98. The number of methoxy groups -OCH3 is 1. The SMILES string of the molecule is COc1cc(/C=C(/C#N)C(=O)NC(N)=O)cc(Cl)c1OCc1ccc([N+](=O)[O-])cc1. The van der Waals surface area contributed by atoms with Crippen LogP contribution in [0.1, 0.15) is 11.1 Å². The number of nitrogens with one attached hydrogen (secondary N) is 1. The highest BCUT2D eigenvalue weighted by Crippen LogP contribution is 2.37. The van der Waals surface area contributed by atoms with Crippen LogP contribution < -0.4 is 20.5 Å². The summed E-state index contributed by atoms with van der Waals surface area (Å²) < 4.78 is 10.9. The van der Waals surface area contributed by atoms with E-state index in [1.807, 2.05) is 0 Å². The van der Waals surface area contributed by atoms with Gasteiger partial charge in [-0.2, -0.15) is 5.26 Å². The minimum atomic E-state index is -1.09. The first-order valence-corrected chi connectivity index (χ1v) is 8.59. The molecule has 0 aromatic heterocycles. The number of carbonyl (C=O) groups is 2. The number of ether oxygens (including phenoxy) is 2. The summed E-state index contributed by atoms with van der Waals surface area (Å²) in [5, 5.41) is 21.8. The Hall–Kier alpha value is -4.10. The zero-order valence-corrected chi connectivity index (χ0v) is 16.3. The van der Waals surface area contributed by atoms with Gasteiger partial charge in [-0.1, -0.05) is 11.6 Å². The van der Waals surface area contributed by atoms with Crippen LogP contribution in [0.25, 0.3) is 6.08 Å². The molecule has 0 atom stereocenters. The minimum Gasteiger partial charge on any atom is -0.493 e. The van der Waals surface area contributed by atoms with Crippen molar-refractivity contribution in [2.45, 2.75) is 6.61 Å². The first kappa shape index (κ1) is 22.2. The molecule has 30 heavy (non-hydrogen) atoms. The Balaban J connectivity index is 2.25. The van der Waals surface area contributed by atoms with Crippen LogP contribution in [-0.4, -0.2) is 24.0 Å². The summed E-state index contributed by atoms with van der Waals surface area (Å²) in [7, 11) is 1.38. The van der Waals surface area contributed by atoms with Crippen molar-refractivity contribution in [3.8, 4) is 17.6 Å². The average molecular weight is 431 g/mol. The molecule has 10 nitrogen and oxygen atoms in total. The standard InChI is InChI=1S/C19H15ClN4O6/c1-29-16-8-12(6-13(9-21)18(25)23-19(22)26)7-15(20)17(16)30-10-11-2-4-14(5-3-11)24(27)28/h2-8H,10H2,1H3,(H3,22,23,25,26)/b13-6-. The summed E-state index contributed by atoms with van der Waals surface area (Å²) in [4.78, 5) is 32.8. The van der Waals surface area contributed by atoms with E-state index in [0.717, 1.165) is 0 Å². The lowest BCUT2D eigenvalue weighted by molar-refractivity contribution is -0.384. The highest BCUT2D eigenvalue weighted by Gasteiger charge is 2.15. The number of nitro groups is 1. The lowest BCUT2D eigenvalue weighted by atomic mass is 10.1. The number of non-ortho nitro benzene ring substituents is 1. The molecule has 0 unspecified atom stereocenters. The second kappa shape index (κ2) is 9.90. The van der Waals surface area contributed by atoms with Gasteiger partial charge in [-0.15, -0.1) is 0 Å². The summed E-state index contributed by atoms with van der Waals surface area (Å²) in [5.41, 5.74) is 5.47. The predicted octanol–water partition coefficient (Wildman–Crippen LogP) is 2.94. The Bertz CT molecular complexity index is 1060. The normalized spacial score (nSPS) is 10.6. The summed E-state index contributed by atoms with van der Waals surface area (Å²) >= 11 is 6.26. The molecule has 0 aliphatic rings. The van der Waals surface area contributed by atoms with Crippen molar-refractivity contribution in [3.63, 3.8) is 0 Å². The van der Waals surface area contributed by atoms with Crippen LogP contribution in [0.5, 0.6) is 11.5 Å². The van der Waals surface area contributed by atoms with Gasteiger partial charge in [0.15, 0.2) is 11.5 Å². The number of urea groups is 1. The van der Waals surface area contributed by atoms with Crippen molar-refractivity contribution in [1.29, 1.82) is 5.26 Å². The number of hydrogen-bond acceptors (Lipinski definition) is 7. The smallest absolute Gasteiger partial charge is 0.319 e. The summed E-state index contributed by atoms with van der Waals surface area (Å²) in [5.74, 6) is -0.531. The lowest BCUT2D eigenvalue weighted by Gasteiger charge is -2.13.